The van der Waals surface area contributed by atoms with Crippen molar-refractivity contribution in [3.63, 3.8) is 0 Å². The largest absolute Gasteiger partial charge is 0.350 e. The van der Waals surface area contributed by atoms with Crippen molar-refractivity contribution in [1.82, 2.24) is 10.2 Å². The maximum absolute atomic E-state index is 13.6. The van der Waals surface area contributed by atoms with Crippen LogP contribution in [0.5, 0.6) is 0 Å². The van der Waals surface area contributed by atoms with E-state index in [0.29, 0.717) is 25.1 Å². The van der Waals surface area contributed by atoms with Crippen LogP contribution in [0.15, 0.2) is 95.9 Å². The molecule has 1 N–H and O–H groups in total. The summed E-state index contributed by atoms with van der Waals surface area (Å²) >= 11 is 1.66. The number of rotatable bonds is 10. The Balaban J connectivity index is 1.84. The number of nitrogens with one attached hydrogen (secondary N) is 1. The zero-order valence-electron chi connectivity index (χ0n) is 20.2. The lowest BCUT2D eigenvalue weighted by Gasteiger charge is -2.34. The number of hydrogen-bond donors (Lipinski definition) is 1. The molecule has 0 aliphatic carbocycles. The van der Waals surface area contributed by atoms with Gasteiger partial charge in [-0.25, -0.2) is 0 Å². The zero-order valence-corrected chi connectivity index (χ0v) is 21.1. The minimum atomic E-state index is -0.601. The van der Waals surface area contributed by atoms with Crippen LogP contribution >= 0.6 is 11.8 Å². The molecule has 178 valence electrons. The maximum atomic E-state index is 13.6. The van der Waals surface area contributed by atoms with Gasteiger partial charge in [-0.3, -0.25) is 9.59 Å². The maximum Gasteiger partial charge on any atom is 0.243 e. The van der Waals surface area contributed by atoms with Crippen LogP contribution in [0.2, 0.25) is 0 Å². The van der Waals surface area contributed by atoms with E-state index in [1.54, 1.807) is 16.7 Å². The molecule has 5 heteroatoms. The predicted molar refractivity (Wildman–Crippen MR) is 141 cm³/mol. The lowest BCUT2D eigenvalue weighted by atomic mass is 10.0. The van der Waals surface area contributed by atoms with Crippen LogP contribution in [-0.4, -0.2) is 34.0 Å². The van der Waals surface area contributed by atoms with E-state index in [0.717, 1.165) is 16.0 Å². The summed E-state index contributed by atoms with van der Waals surface area (Å²) in [5.74, 6) is 0.515. The minimum absolute atomic E-state index is 0.0164. The monoisotopic (exact) mass is 474 g/mol. The summed E-state index contributed by atoms with van der Waals surface area (Å²) < 4.78 is 0. The highest BCUT2D eigenvalue weighted by molar-refractivity contribution is 7.99. The molecule has 0 spiro atoms. The highest BCUT2D eigenvalue weighted by Crippen LogP contribution is 2.21. The molecule has 1 atom stereocenters. The smallest absolute Gasteiger partial charge is 0.243 e. The molecular formula is C29H34N2O2S. The van der Waals surface area contributed by atoms with Gasteiger partial charge in [0, 0.05) is 35.6 Å². The molecule has 34 heavy (non-hydrogen) atoms. The Kier molecular flexibility index (Phi) is 9.34. The molecule has 0 radical (unpaired) electrons. The van der Waals surface area contributed by atoms with Gasteiger partial charge in [-0.2, -0.15) is 0 Å². The van der Waals surface area contributed by atoms with Gasteiger partial charge in [0.2, 0.25) is 11.8 Å². The lowest BCUT2D eigenvalue weighted by molar-refractivity contribution is -0.141. The van der Waals surface area contributed by atoms with Crippen LogP contribution in [-0.2, 0) is 22.6 Å². The summed E-state index contributed by atoms with van der Waals surface area (Å²) in [6.07, 6.45) is 0.827. The number of nitrogens with zero attached hydrogens (tertiary/aromatic N) is 1. The third kappa shape index (κ3) is 8.38. The number of carbonyl (C=O) groups is 2. The van der Waals surface area contributed by atoms with Crippen molar-refractivity contribution >= 4 is 23.6 Å². The van der Waals surface area contributed by atoms with Gasteiger partial charge < -0.3 is 10.2 Å². The second-order valence-corrected chi connectivity index (χ2v) is 10.5. The van der Waals surface area contributed by atoms with Crippen molar-refractivity contribution in [3.05, 3.63) is 102 Å². The molecule has 3 aromatic carbocycles. The van der Waals surface area contributed by atoms with E-state index in [4.69, 9.17) is 0 Å². The lowest BCUT2D eigenvalue weighted by Crippen LogP contribution is -2.54. The van der Waals surface area contributed by atoms with Crippen molar-refractivity contribution < 1.29 is 9.59 Å². The molecule has 0 fully saturated rings. The number of thioether (sulfide) groups is 1. The second-order valence-electron chi connectivity index (χ2n) is 9.36. The van der Waals surface area contributed by atoms with Gasteiger partial charge in [0.15, 0.2) is 0 Å². The first-order valence-electron chi connectivity index (χ1n) is 11.7. The normalized spacial score (nSPS) is 12.1. The Morgan fingerprint density at radius 3 is 1.91 bits per heavy atom. The van der Waals surface area contributed by atoms with Crippen LogP contribution in [0.1, 0.15) is 38.3 Å². The van der Waals surface area contributed by atoms with Gasteiger partial charge in [-0.05, 0) is 44.0 Å². The Morgan fingerprint density at radius 1 is 0.824 bits per heavy atom. The fourth-order valence-electron chi connectivity index (χ4n) is 3.70. The van der Waals surface area contributed by atoms with E-state index in [1.807, 2.05) is 112 Å². The average molecular weight is 475 g/mol. The van der Waals surface area contributed by atoms with Crippen LogP contribution in [0.3, 0.4) is 0 Å². The number of amides is 2. The average Bonchev–Trinajstić information content (AvgIpc) is 2.82. The quantitative estimate of drug-likeness (QED) is 0.382. The molecule has 0 aliphatic rings. The van der Waals surface area contributed by atoms with Gasteiger partial charge in [0.25, 0.3) is 0 Å². The highest BCUT2D eigenvalue weighted by atomic mass is 32.2. The summed E-state index contributed by atoms with van der Waals surface area (Å²) in [6.45, 7) is 6.28. The summed E-state index contributed by atoms with van der Waals surface area (Å²) in [7, 11) is 0. The first kappa shape index (κ1) is 25.6. The predicted octanol–water partition coefficient (Wildman–Crippen LogP) is 5.72. The van der Waals surface area contributed by atoms with E-state index in [9.17, 15) is 9.59 Å². The van der Waals surface area contributed by atoms with Gasteiger partial charge in [-0.15, -0.1) is 11.8 Å². The Morgan fingerprint density at radius 2 is 1.35 bits per heavy atom. The molecule has 0 aliphatic heterocycles. The molecule has 0 saturated carbocycles. The number of carbonyl (C=O) groups excluding carboxylic acids is 2. The van der Waals surface area contributed by atoms with Crippen molar-refractivity contribution in [3.8, 4) is 0 Å². The van der Waals surface area contributed by atoms with Crippen LogP contribution in [0, 0.1) is 0 Å². The van der Waals surface area contributed by atoms with Crippen LogP contribution in [0.4, 0.5) is 0 Å². The van der Waals surface area contributed by atoms with E-state index in [1.165, 1.54) is 0 Å². The SMILES string of the molecule is CC(C)(C)NC(=O)[C@@H](Cc1ccccc1)N(Cc1ccccc1)C(=O)CCSc1ccccc1. The van der Waals surface area contributed by atoms with E-state index >= 15 is 0 Å². The van der Waals surface area contributed by atoms with E-state index in [-0.39, 0.29) is 11.8 Å². The molecule has 0 bridgehead atoms. The minimum Gasteiger partial charge on any atom is -0.350 e. The number of benzene rings is 3. The molecule has 3 rings (SSSR count). The molecular weight excluding hydrogens is 440 g/mol. The van der Waals surface area contributed by atoms with Gasteiger partial charge in [-0.1, -0.05) is 78.9 Å². The van der Waals surface area contributed by atoms with Crippen molar-refractivity contribution in [2.75, 3.05) is 5.75 Å². The van der Waals surface area contributed by atoms with Crippen molar-refractivity contribution in [1.29, 1.82) is 0 Å². The van der Waals surface area contributed by atoms with Gasteiger partial charge >= 0.3 is 0 Å². The molecule has 3 aromatic rings. The fourth-order valence-corrected chi connectivity index (χ4v) is 4.57. The Bertz CT molecular complexity index is 1030. The molecule has 0 heterocycles. The molecule has 0 aromatic heterocycles. The molecule has 0 saturated heterocycles. The molecule has 2 amide bonds. The standard InChI is InChI=1S/C29H34N2O2S/c1-29(2,3)30-28(33)26(21-23-13-7-4-8-14-23)31(22-24-15-9-5-10-16-24)27(32)19-20-34-25-17-11-6-12-18-25/h4-18,26H,19-22H2,1-3H3,(H,30,33)/t26-/m1/s1. The Hall–Kier alpha value is -3.05. The summed E-state index contributed by atoms with van der Waals surface area (Å²) in [5, 5.41) is 3.10. The summed E-state index contributed by atoms with van der Waals surface area (Å²) in [6, 6.07) is 29.3. The summed E-state index contributed by atoms with van der Waals surface area (Å²) in [4.78, 5) is 30.0. The van der Waals surface area contributed by atoms with Gasteiger partial charge in [0.1, 0.15) is 6.04 Å². The second kappa shape index (κ2) is 12.4. The first-order chi connectivity index (χ1) is 16.3. The van der Waals surface area contributed by atoms with Crippen molar-refractivity contribution in [2.24, 2.45) is 0 Å². The highest BCUT2D eigenvalue weighted by Gasteiger charge is 2.32. The molecule has 0 unspecified atom stereocenters. The molecule has 4 nitrogen and oxygen atoms in total. The third-order valence-corrected chi connectivity index (χ3v) is 6.31. The third-order valence-electron chi connectivity index (χ3n) is 5.29. The van der Waals surface area contributed by atoms with Crippen LogP contribution in [0.25, 0.3) is 0 Å². The summed E-state index contributed by atoms with van der Waals surface area (Å²) in [5.41, 5.74) is 1.64. The van der Waals surface area contributed by atoms with Gasteiger partial charge in [0.05, 0.1) is 0 Å². The Labute approximate surface area is 207 Å². The van der Waals surface area contributed by atoms with E-state index in [2.05, 4.69) is 5.32 Å². The van der Waals surface area contributed by atoms with Crippen molar-refractivity contribution in [2.45, 2.75) is 56.6 Å². The topological polar surface area (TPSA) is 49.4 Å². The fraction of sp³-hybridized carbons (Fsp3) is 0.310. The number of hydrogen-bond acceptors (Lipinski definition) is 3. The zero-order chi connectivity index (χ0) is 24.4. The van der Waals surface area contributed by atoms with Crippen LogP contribution < -0.4 is 5.32 Å². The first-order valence-corrected chi connectivity index (χ1v) is 12.7. The van der Waals surface area contributed by atoms with E-state index < -0.39 is 11.6 Å².